The van der Waals surface area contributed by atoms with E-state index in [9.17, 15) is 9.59 Å². The van der Waals surface area contributed by atoms with Crippen molar-refractivity contribution in [1.29, 1.82) is 0 Å². The van der Waals surface area contributed by atoms with Gasteiger partial charge in [0.1, 0.15) is 24.8 Å². The molecule has 1 aliphatic rings. The van der Waals surface area contributed by atoms with Crippen molar-refractivity contribution >= 4 is 11.7 Å². The predicted molar refractivity (Wildman–Crippen MR) is 121 cm³/mol. The summed E-state index contributed by atoms with van der Waals surface area (Å²) in [7, 11) is 1.42. The van der Waals surface area contributed by atoms with E-state index in [1.807, 2.05) is 12.1 Å². The quantitative estimate of drug-likeness (QED) is 0.421. The number of carbonyl (C=O) groups excluding carboxylic acids is 1. The first kappa shape index (κ1) is 21.2. The second kappa shape index (κ2) is 9.10. The number of methoxy groups -OCH3 is 1. The lowest BCUT2D eigenvalue weighted by Gasteiger charge is -2.35. The van der Waals surface area contributed by atoms with Gasteiger partial charge in [0.2, 0.25) is 0 Å². The highest BCUT2D eigenvalue weighted by molar-refractivity contribution is 5.95. The topological polar surface area (TPSA) is 124 Å². The molecule has 5 rings (SSSR count). The van der Waals surface area contributed by atoms with Crippen molar-refractivity contribution in [2.75, 3.05) is 38.2 Å². The molecule has 1 aliphatic heterocycles. The summed E-state index contributed by atoms with van der Waals surface area (Å²) >= 11 is 0. The summed E-state index contributed by atoms with van der Waals surface area (Å²) in [5.41, 5.74) is 0.284. The fourth-order valence-electron chi connectivity index (χ4n) is 3.75. The second-order valence-electron chi connectivity index (χ2n) is 7.50. The molecule has 3 aromatic heterocycles. The minimum atomic E-state index is -0.378. The van der Waals surface area contributed by atoms with Crippen molar-refractivity contribution in [2.45, 2.75) is 0 Å². The maximum atomic E-state index is 13.3. The average molecular weight is 459 g/mol. The molecule has 1 saturated heterocycles. The van der Waals surface area contributed by atoms with Crippen LogP contribution in [0, 0.1) is 0 Å². The maximum Gasteiger partial charge on any atom is 0.278 e. The molecule has 12 heteroatoms. The number of hydrogen-bond acceptors (Lipinski definition) is 9. The van der Waals surface area contributed by atoms with Crippen LogP contribution in [0.15, 0.2) is 66.2 Å². The Labute approximate surface area is 194 Å². The van der Waals surface area contributed by atoms with Gasteiger partial charge in [-0.3, -0.25) is 9.59 Å². The molecule has 0 saturated carbocycles. The number of piperazine rings is 1. The van der Waals surface area contributed by atoms with Crippen molar-refractivity contribution < 1.29 is 9.53 Å². The van der Waals surface area contributed by atoms with Gasteiger partial charge < -0.3 is 14.5 Å². The summed E-state index contributed by atoms with van der Waals surface area (Å²) in [6, 6.07) is 12.1. The molecular weight excluding hydrogens is 438 g/mol. The van der Waals surface area contributed by atoms with Crippen LogP contribution < -0.4 is 15.2 Å². The maximum absolute atomic E-state index is 13.3. The Morgan fingerprint density at radius 2 is 1.74 bits per heavy atom. The van der Waals surface area contributed by atoms with Crippen molar-refractivity contribution in [3.05, 3.63) is 77.5 Å². The number of rotatable bonds is 5. The van der Waals surface area contributed by atoms with Gasteiger partial charge in [-0.05, 0) is 12.1 Å². The molecule has 172 valence electrons. The van der Waals surface area contributed by atoms with E-state index in [4.69, 9.17) is 4.74 Å². The second-order valence-corrected chi connectivity index (χ2v) is 7.50. The fourth-order valence-corrected chi connectivity index (χ4v) is 3.75. The summed E-state index contributed by atoms with van der Waals surface area (Å²) in [5.74, 6) is 1.20. The zero-order chi connectivity index (χ0) is 23.5. The van der Waals surface area contributed by atoms with Gasteiger partial charge in [0.25, 0.3) is 11.5 Å². The highest BCUT2D eigenvalue weighted by atomic mass is 16.5. The van der Waals surface area contributed by atoms with E-state index in [1.54, 1.807) is 40.2 Å². The number of hydrogen-bond donors (Lipinski definition) is 0. The Bertz CT molecular complexity index is 1350. The molecule has 0 atom stereocenters. The summed E-state index contributed by atoms with van der Waals surface area (Å²) in [6.45, 7) is 2.05. The number of para-hydroxylation sites is 1. The summed E-state index contributed by atoms with van der Waals surface area (Å²) in [6.07, 6.45) is 4.48. The van der Waals surface area contributed by atoms with Gasteiger partial charge >= 0.3 is 0 Å². The Morgan fingerprint density at radius 3 is 2.44 bits per heavy atom. The highest BCUT2D eigenvalue weighted by Crippen LogP contribution is 2.20. The van der Waals surface area contributed by atoms with Crippen LogP contribution in [0.4, 0.5) is 5.82 Å². The van der Waals surface area contributed by atoms with Crippen LogP contribution in [0.2, 0.25) is 0 Å². The summed E-state index contributed by atoms with van der Waals surface area (Å²) in [5, 5.41) is 8.44. The van der Waals surface area contributed by atoms with Crippen LogP contribution in [0.5, 0.6) is 5.75 Å². The first-order valence-electron chi connectivity index (χ1n) is 10.6. The zero-order valence-corrected chi connectivity index (χ0v) is 18.4. The van der Waals surface area contributed by atoms with E-state index in [-0.39, 0.29) is 22.9 Å². The molecule has 1 amide bonds. The molecule has 4 heterocycles. The van der Waals surface area contributed by atoms with Gasteiger partial charge in [0, 0.05) is 32.2 Å². The fraction of sp³-hybridized carbons (Fsp3) is 0.227. The monoisotopic (exact) mass is 459 g/mol. The third-order valence-corrected chi connectivity index (χ3v) is 5.50. The molecule has 1 fully saturated rings. The minimum absolute atomic E-state index is 0.0925. The number of benzene rings is 1. The van der Waals surface area contributed by atoms with Crippen molar-refractivity contribution in [2.24, 2.45) is 0 Å². The molecule has 34 heavy (non-hydrogen) atoms. The smallest absolute Gasteiger partial charge is 0.278 e. The third kappa shape index (κ3) is 4.08. The van der Waals surface area contributed by atoms with Crippen LogP contribution in [0.25, 0.3) is 11.5 Å². The van der Waals surface area contributed by atoms with E-state index in [0.717, 1.165) is 5.82 Å². The number of ether oxygens (including phenoxy) is 1. The van der Waals surface area contributed by atoms with E-state index < -0.39 is 0 Å². The standard InChI is InChI=1S/C22H21N9O3/c1-34-17-11-20(32)31(16-5-3-2-4-6-16)27-21(17)22(33)29-9-7-28(8-10-29)18-12-19(25-14-24-18)30-15-23-13-26-30/h2-6,11-15H,7-10H2,1H3. The van der Waals surface area contributed by atoms with Crippen molar-refractivity contribution in [3.63, 3.8) is 0 Å². The number of carbonyl (C=O) groups is 1. The SMILES string of the molecule is COc1cc(=O)n(-c2ccccc2)nc1C(=O)N1CCN(c2cc(-n3cncn3)ncn2)CC1. The van der Waals surface area contributed by atoms with Gasteiger partial charge in [0.05, 0.1) is 18.9 Å². The Morgan fingerprint density at radius 1 is 0.971 bits per heavy atom. The Balaban J connectivity index is 1.34. The Kier molecular flexibility index (Phi) is 5.68. The molecule has 4 aromatic rings. The van der Waals surface area contributed by atoms with E-state index >= 15 is 0 Å². The normalized spacial score (nSPS) is 13.7. The number of amides is 1. The third-order valence-electron chi connectivity index (χ3n) is 5.50. The van der Waals surface area contributed by atoms with Crippen LogP contribution in [-0.2, 0) is 0 Å². The van der Waals surface area contributed by atoms with Crippen LogP contribution >= 0.6 is 0 Å². The largest absolute Gasteiger partial charge is 0.494 e. The summed E-state index contributed by atoms with van der Waals surface area (Å²) < 4.78 is 8.07. The van der Waals surface area contributed by atoms with Crippen LogP contribution in [0.3, 0.4) is 0 Å². The van der Waals surface area contributed by atoms with Gasteiger partial charge in [-0.25, -0.2) is 19.6 Å². The molecule has 12 nitrogen and oxygen atoms in total. The first-order valence-corrected chi connectivity index (χ1v) is 10.6. The Hall–Kier alpha value is -4.61. The molecule has 0 bridgehead atoms. The number of aromatic nitrogens is 7. The van der Waals surface area contributed by atoms with Gasteiger partial charge in [-0.15, -0.1) is 0 Å². The van der Waals surface area contributed by atoms with Crippen molar-refractivity contribution in [1.82, 2.24) is 39.4 Å². The molecule has 0 N–H and O–H groups in total. The first-order chi connectivity index (χ1) is 16.6. The average Bonchev–Trinajstić information content (AvgIpc) is 3.44. The van der Waals surface area contributed by atoms with E-state index in [0.29, 0.717) is 37.7 Å². The van der Waals surface area contributed by atoms with Crippen LogP contribution in [-0.4, -0.2) is 78.6 Å². The van der Waals surface area contributed by atoms with Crippen LogP contribution in [0.1, 0.15) is 10.5 Å². The lowest BCUT2D eigenvalue weighted by Crippen LogP contribution is -2.49. The molecule has 1 aromatic carbocycles. The minimum Gasteiger partial charge on any atom is -0.494 e. The van der Waals surface area contributed by atoms with Gasteiger partial charge in [-0.1, -0.05) is 18.2 Å². The zero-order valence-electron chi connectivity index (χ0n) is 18.4. The van der Waals surface area contributed by atoms with Gasteiger partial charge in [0.15, 0.2) is 17.3 Å². The molecule has 0 spiro atoms. The van der Waals surface area contributed by atoms with Gasteiger partial charge in [-0.2, -0.15) is 14.9 Å². The lowest BCUT2D eigenvalue weighted by molar-refractivity contribution is 0.0734. The molecule has 0 unspecified atom stereocenters. The predicted octanol–water partition coefficient (Wildman–Crippen LogP) is 0.574. The van der Waals surface area contributed by atoms with Crippen molar-refractivity contribution in [3.8, 4) is 17.3 Å². The number of anilines is 1. The molecule has 0 aliphatic carbocycles. The number of nitrogens with zero attached hydrogens (tertiary/aromatic N) is 9. The molecule has 0 radical (unpaired) electrons. The highest BCUT2D eigenvalue weighted by Gasteiger charge is 2.27. The van der Waals surface area contributed by atoms with E-state index in [2.05, 4.69) is 30.0 Å². The molecular formula is C22H21N9O3. The van der Waals surface area contributed by atoms with E-state index in [1.165, 1.54) is 30.5 Å². The summed E-state index contributed by atoms with van der Waals surface area (Å²) in [4.78, 5) is 42.2. The lowest BCUT2D eigenvalue weighted by atomic mass is 10.2.